The van der Waals surface area contributed by atoms with Crippen molar-refractivity contribution in [1.82, 2.24) is 15.0 Å². The van der Waals surface area contributed by atoms with Crippen LogP contribution in [-0.4, -0.2) is 15.0 Å². The number of nitrogens with zero attached hydrogens (tertiary/aromatic N) is 3. The van der Waals surface area contributed by atoms with Crippen molar-refractivity contribution in [2.24, 2.45) is 0 Å². The number of aromatic nitrogens is 3. The van der Waals surface area contributed by atoms with Crippen LogP contribution in [0.4, 0.5) is 10.1 Å². The van der Waals surface area contributed by atoms with Crippen molar-refractivity contribution in [3.05, 3.63) is 71.9 Å². The van der Waals surface area contributed by atoms with Crippen molar-refractivity contribution in [2.45, 2.75) is 13.5 Å². The first-order valence-electron chi connectivity index (χ1n) is 7.87. The fourth-order valence-electron chi connectivity index (χ4n) is 2.52. The highest BCUT2D eigenvalue weighted by atomic mass is 19.1. The van der Waals surface area contributed by atoms with Gasteiger partial charge in [0.05, 0.1) is 17.9 Å². The fraction of sp³-hybridized carbons (Fsp3) is 0.105. The van der Waals surface area contributed by atoms with E-state index in [1.165, 1.54) is 6.07 Å². The molecule has 0 unspecified atom stereocenters. The second-order valence-corrected chi connectivity index (χ2v) is 5.66. The minimum atomic E-state index is -0.375. The van der Waals surface area contributed by atoms with E-state index < -0.39 is 0 Å². The van der Waals surface area contributed by atoms with Crippen molar-refractivity contribution in [3.8, 4) is 11.5 Å². The van der Waals surface area contributed by atoms with Crippen LogP contribution in [0.1, 0.15) is 11.4 Å². The molecule has 0 saturated carbocycles. The monoisotopic (exact) mass is 334 g/mol. The highest BCUT2D eigenvalue weighted by Gasteiger charge is 2.12. The van der Waals surface area contributed by atoms with Crippen LogP contribution in [0.2, 0.25) is 0 Å². The number of rotatable bonds is 4. The molecule has 124 valence electrons. The molecular formula is C19H15FN4O. The van der Waals surface area contributed by atoms with Gasteiger partial charge in [0, 0.05) is 17.5 Å². The van der Waals surface area contributed by atoms with E-state index in [0.29, 0.717) is 34.9 Å². The lowest BCUT2D eigenvalue weighted by Crippen LogP contribution is -2.03. The van der Waals surface area contributed by atoms with Gasteiger partial charge in [-0.15, -0.1) is 0 Å². The summed E-state index contributed by atoms with van der Waals surface area (Å²) in [6, 6.07) is 14.1. The van der Waals surface area contributed by atoms with Crippen molar-refractivity contribution < 1.29 is 8.81 Å². The molecule has 25 heavy (non-hydrogen) atoms. The standard InChI is InChI=1S/C19H15FN4O/c1-12-5-8-17-18(23-12)24-19(25-17)13-6-7-16(15(20)10-13)22-11-14-4-2-3-9-21-14/h2-10,22H,11H2,1H3. The van der Waals surface area contributed by atoms with Gasteiger partial charge in [-0.3, -0.25) is 4.98 Å². The summed E-state index contributed by atoms with van der Waals surface area (Å²) >= 11 is 0. The third kappa shape index (κ3) is 3.19. The summed E-state index contributed by atoms with van der Waals surface area (Å²) in [7, 11) is 0. The van der Waals surface area contributed by atoms with Crippen molar-refractivity contribution >= 4 is 16.9 Å². The first-order chi connectivity index (χ1) is 12.2. The van der Waals surface area contributed by atoms with Crippen LogP contribution in [-0.2, 0) is 6.54 Å². The Morgan fingerprint density at radius 2 is 2.00 bits per heavy atom. The zero-order valence-electron chi connectivity index (χ0n) is 13.5. The Hall–Kier alpha value is -3.28. The Morgan fingerprint density at radius 1 is 1.08 bits per heavy atom. The predicted octanol–water partition coefficient (Wildman–Crippen LogP) is 4.34. The molecule has 0 saturated heterocycles. The molecule has 0 aliphatic carbocycles. The van der Waals surface area contributed by atoms with Crippen LogP contribution in [0.25, 0.3) is 22.7 Å². The van der Waals surface area contributed by atoms with E-state index in [-0.39, 0.29) is 5.82 Å². The largest absolute Gasteiger partial charge is 0.434 e. The van der Waals surface area contributed by atoms with Gasteiger partial charge in [-0.05, 0) is 49.4 Å². The molecule has 0 radical (unpaired) electrons. The van der Waals surface area contributed by atoms with E-state index in [9.17, 15) is 4.39 Å². The molecule has 0 spiro atoms. The molecule has 1 N–H and O–H groups in total. The van der Waals surface area contributed by atoms with Crippen LogP contribution in [0.3, 0.4) is 0 Å². The van der Waals surface area contributed by atoms with Crippen LogP contribution >= 0.6 is 0 Å². The summed E-state index contributed by atoms with van der Waals surface area (Å²) < 4.78 is 20.1. The maximum absolute atomic E-state index is 14.4. The first-order valence-corrected chi connectivity index (χ1v) is 7.87. The van der Waals surface area contributed by atoms with Crippen molar-refractivity contribution in [2.75, 3.05) is 5.32 Å². The molecule has 4 aromatic rings. The predicted molar refractivity (Wildman–Crippen MR) is 93.5 cm³/mol. The average Bonchev–Trinajstić information content (AvgIpc) is 3.04. The molecule has 0 atom stereocenters. The van der Waals surface area contributed by atoms with E-state index in [2.05, 4.69) is 20.3 Å². The quantitative estimate of drug-likeness (QED) is 0.601. The van der Waals surface area contributed by atoms with Gasteiger partial charge in [-0.25, -0.2) is 9.37 Å². The lowest BCUT2D eigenvalue weighted by Gasteiger charge is -2.07. The Morgan fingerprint density at radius 3 is 2.80 bits per heavy atom. The van der Waals surface area contributed by atoms with Gasteiger partial charge in [0.2, 0.25) is 5.89 Å². The summed E-state index contributed by atoms with van der Waals surface area (Å²) in [6.45, 7) is 2.33. The second-order valence-electron chi connectivity index (χ2n) is 5.66. The molecule has 3 aromatic heterocycles. The van der Waals surface area contributed by atoms with Crippen molar-refractivity contribution in [3.63, 3.8) is 0 Å². The number of hydrogen-bond donors (Lipinski definition) is 1. The summed E-state index contributed by atoms with van der Waals surface area (Å²) in [6.07, 6.45) is 1.71. The lowest BCUT2D eigenvalue weighted by atomic mass is 10.2. The average molecular weight is 334 g/mol. The summed E-state index contributed by atoms with van der Waals surface area (Å²) in [5.41, 5.74) is 3.76. The third-order valence-electron chi connectivity index (χ3n) is 3.79. The maximum atomic E-state index is 14.4. The van der Waals surface area contributed by atoms with E-state index in [4.69, 9.17) is 4.42 Å². The minimum Gasteiger partial charge on any atom is -0.434 e. The molecule has 3 heterocycles. The van der Waals surface area contributed by atoms with Crippen LogP contribution < -0.4 is 5.32 Å². The van der Waals surface area contributed by atoms with Gasteiger partial charge in [0.25, 0.3) is 0 Å². The molecule has 0 aliphatic heterocycles. The molecule has 0 aliphatic rings. The smallest absolute Gasteiger partial charge is 0.228 e. The number of aryl methyl sites for hydroxylation is 1. The van der Waals surface area contributed by atoms with Gasteiger partial charge in [-0.1, -0.05) is 6.07 Å². The number of halogens is 1. The molecule has 0 fully saturated rings. The number of anilines is 1. The Balaban J connectivity index is 1.58. The second kappa shape index (κ2) is 6.32. The van der Waals surface area contributed by atoms with Gasteiger partial charge in [-0.2, -0.15) is 4.98 Å². The van der Waals surface area contributed by atoms with Crippen molar-refractivity contribution in [1.29, 1.82) is 0 Å². The highest BCUT2D eigenvalue weighted by molar-refractivity contribution is 5.73. The summed E-state index contributed by atoms with van der Waals surface area (Å²) in [5.74, 6) is -0.0249. The first kappa shape index (κ1) is 15.3. The van der Waals surface area contributed by atoms with E-state index >= 15 is 0 Å². The molecule has 4 rings (SSSR count). The summed E-state index contributed by atoms with van der Waals surface area (Å²) in [5, 5.41) is 3.04. The van der Waals surface area contributed by atoms with Gasteiger partial charge in [0.15, 0.2) is 11.2 Å². The van der Waals surface area contributed by atoms with Crippen LogP contribution in [0, 0.1) is 12.7 Å². The van der Waals surface area contributed by atoms with E-state index in [0.717, 1.165) is 11.4 Å². The van der Waals surface area contributed by atoms with Crippen LogP contribution in [0.15, 0.2) is 59.1 Å². The number of hydrogen-bond acceptors (Lipinski definition) is 5. The number of benzene rings is 1. The molecule has 0 amide bonds. The molecular weight excluding hydrogens is 319 g/mol. The molecule has 1 aromatic carbocycles. The zero-order valence-corrected chi connectivity index (χ0v) is 13.5. The number of pyridine rings is 2. The molecule has 6 heteroatoms. The lowest BCUT2D eigenvalue weighted by molar-refractivity contribution is 0.612. The highest BCUT2D eigenvalue weighted by Crippen LogP contribution is 2.26. The topological polar surface area (TPSA) is 63.8 Å². The Bertz CT molecular complexity index is 1030. The third-order valence-corrected chi connectivity index (χ3v) is 3.79. The Kier molecular flexibility index (Phi) is 3.85. The molecule has 0 bridgehead atoms. The van der Waals surface area contributed by atoms with Gasteiger partial charge in [0.1, 0.15) is 5.82 Å². The van der Waals surface area contributed by atoms with Gasteiger partial charge < -0.3 is 9.73 Å². The fourth-order valence-corrected chi connectivity index (χ4v) is 2.52. The number of fused-ring (bicyclic) bond motifs is 1. The molecule has 5 nitrogen and oxygen atoms in total. The maximum Gasteiger partial charge on any atom is 0.228 e. The van der Waals surface area contributed by atoms with Gasteiger partial charge >= 0.3 is 0 Å². The SMILES string of the molecule is Cc1ccc2oc(-c3ccc(NCc4ccccn4)c(F)c3)nc2n1. The Labute approximate surface area is 143 Å². The number of nitrogens with one attached hydrogen (secondary N) is 1. The zero-order chi connectivity index (χ0) is 17.2. The number of oxazole rings is 1. The van der Waals surface area contributed by atoms with E-state index in [1.54, 1.807) is 18.3 Å². The van der Waals surface area contributed by atoms with Crippen LogP contribution in [0.5, 0.6) is 0 Å². The van der Waals surface area contributed by atoms with E-state index in [1.807, 2.05) is 37.3 Å². The summed E-state index contributed by atoms with van der Waals surface area (Å²) in [4.78, 5) is 12.8. The minimum absolute atomic E-state index is 0.350. The normalized spacial score (nSPS) is 11.0.